The number of carbonyl (C=O) groups is 1. The van der Waals surface area contributed by atoms with Gasteiger partial charge in [-0.05, 0) is 37.2 Å². The molecule has 7 nitrogen and oxygen atoms in total. The molecule has 1 fully saturated rings. The monoisotopic (exact) mass is 426 g/mol. The summed E-state index contributed by atoms with van der Waals surface area (Å²) in [5.41, 5.74) is 1.96. The number of hydrogen-bond acceptors (Lipinski definition) is 6. The first-order valence-electron chi connectivity index (χ1n) is 8.74. The zero-order valence-electron chi connectivity index (χ0n) is 15.5. The molecule has 0 bridgehead atoms. The first-order chi connectivity index (χ1) is 14.2. The molecule has 30 heavy (non-hydrogen) atoms. The average Bonchev–Trinajstić information content (AvgIpc) is 3.21. The molecule has 2 aromatic rings. The predicted octanol–water partition coefficient (Wildman–Crippen LogP) is 3.08. The van der Waals surface area contributed by atoms with Crippen molar-refractivity contribution in [2.75, 3.05) is 18.4 Å². The molecule has 1 aliphatic heterocycles. The molecule has 1 saturated heterocycles. The van der Waals surface area contributed by atoms with Crippen LogP contribution in [0, 0.1) is 17.1 Å². The molecule has 1 aliphatic rings. The lowest BCUT2D eigenvalue weighted by molar-refractivity contribution is -0.192. The minimum atomic E-state index is -5.08. The van der Waals surface area contributed by atoms with E-state index < -0.39 is 18.0 Å². The number of nitriles is 1. The largest absolute Gasteiger partial charge is 0.490 e. The number of hydrogen-bond donors (Lipinski definition) is 3. The molecule has 11 heteroatoms. The van der Waals surface area contributed by atoms with Crippen LogP contribution in [0.3, 0.4) is 0 Å². The Morgan fingerprint density at radius 3 is 2.63 bits per heavy atom. The summed E-state index contributed by atoms with van der Waals surface area (Å²) in [7, 11) is 0. The quantitative estimate of drug-likeness (QED) is 0.631. The summed E-state index contributed by atoms with van der Waals surface area (Å²) in [5, 5.41) is 22.5. The van der Waals surface area contributed by atoms with Crippen LogP contribution < -0.4 is 15.4 Å². The number of ether oxygens (including phenoxy) is 1. The van der Waals surface area contributed by atoms with Crippen LogP contribution in [-0.4, -0.2) is 41.4 Å². The number of halogens is 4. The van der Waals surface area contributed by atoms with Gasteiger partial charge in [0.1, 0.15) is 12.7 Å². The Balaban J connectivity index is 0.000000396. The SMILES string of the molecule is N#Cc1ccc(COc2cc(N[C@@H]3CCNC3)ccc2F)nc1.O=C(O)C(F)(F)F. The maximum Gasteiger partial charge on any atom is 0.490 e. The molecular formula is C19H18F4N4O3. The third-order valence-electron chi connectivity index (χ3n) is 3.93. The maximum atomic E-state index is 13.9. The fourth-order valence-electron chi connectivity index (χ4n) is 2.45. The van der Waals surface area contributed by atoms with Crippen molar-refractivity contribution in [2.45, 2.75) is 25.2 Å². The van der Waals surface area contributed by atoms with Crippen LogP contribution >= 0.6 is 0 Å². The van der Waals surface area contributed by atoms with Gasteiger partial charge in [-0.1, -0.05) is 0 Å². The van der Waals surface area contributed by atoms with Crippen molar-refractivity contribution in [1.29, 1.82) is 5.26 Å². The standard InChI is InChI=1S/C17H17FN4O.C2HF3O2/c18-16-4-3-13(22-14-5-6-20-10-14)7-17(16)23-11-15-2-1-12(8-19)9-21-15;3-2(4,5)1(6)7/h1-4,7,9,14,20,22H,5-6,10-11H2;(H,6,7)/t14-;/m1./s1. The van der Waals surface area contributed by atoms with Crippen LogP contribution in [0.5, 0.6) is 5.75 Å². The lowest BCUT2D eigenvalue weighted by Crippen LogP contribution is -2.22. The lowest BCUT2D eigenvalue weighted by atomic mass is 10.2. The molecule has 0 radical (unpaired) electrons. The van der Waals surface area contributed by atoms with Crippen molar-refractivity contribution in [3.63, 3.8) is 0 Å². The number of pyridine rings is 1. The van der Waals surface area contributed by atoms with E-state index in [-0.39, 0.29) is 12.4 Å². The van der Waals surface area contributed by atoms with Gasteiger partial charge in [0.2, 0.25) is 0 Å². The molecule has 0 aliphatic carbocycles. The Bertz CT molecular complexity index is 892. The van der Waals surface area contributed by atoms with Crippen LogP contribution in [0.15, 0.2) is 36.5 Å². The Kier molecular flexibility index (Phi) is 7.94. The average molecular weight is 426 g/mol. The molecule has 0 spiro atoms. The van der Waals surface area contributed by atoms with Gasteiger partial charge in [-0.25, -0.2) is 9.18 Å². The van der Waals surface area contributed by atoms with Gasteiger partial charge in [-0.2, -0.15) is 18.4 Å². The summed E-state index contributed by atoms with van der Waals surface area (Å²) in [6.45, 7) is 2.05. The minimum Gasteiger partial charge on any atom is -0.484 e. The second-order valence-corrected chi connectivity index (χ2v) is 6.22. The highest BCUT2D eigenvalue weighted by Crippen LogP contribution is 2.24. The molecule has 1 aromatic carbocycles. The van der Waals surface area contributed by atoms with Gasteiger partial charge >= 0.3 is 12.1 Å². The van der Waals surface area contributed by atoms with E-state index >= 15 is 0 Å². The molecule has 1 atom stereocenters. The summed E-state index contributed by atoms with van der Waals surface area (Å²) < 4.78 is 51.1. The molecule has 0 unspecified atom stereocenters. The van der Waals surface area contributed by atoms with Crippen molar-refractivity contribution in [2.24, 2.45) is 0 Å². The zero-order chi connectivity index (χ0) is 22.1. The van der Waals surface area contributed by atoms with Crippen molar-refractivity contribution in [3.05, 3.63) is 53.6 Å². The van der Waals surface area contributed by atoms with E-state index in [0.29, 0.717) is 17.3 Å². The van der Waals surface area contributed by atoms with E-state index in [4.69, 9.17) is 19.9 Å². The maximum absolute atomic E-state index is 13.9. The minimum absolute atomic E-state index is 0.150. The van der Waals surface area contributed by atoms with Gasteiger partial charge in [-0.15, -0.1) is 0 Å². The third-order valence-corrected chi connectivity index (χ3v) is 3.93. The fraction of sp³-hybridized carbons (Fsp3) is 0.316. The van der Waals surface area contributed by atoms with Gasteiger partial charge in [0.15, 0.2) is 11.6 Å². The van der Waals surface area contributed by atoms with Crippen molar-refractivity contribution in [1.82, 2.24) is 10.3 Å². The number of nitrogens with one attached hydrogen (secondary N) is 2. The Morgan fingerprint density at radius 1 is 1.37 bits per heavy atom. The number of alkyl halides is 3. The van der Waals surface area contributed by atoms with Crippen molar-refractivity contribution < 1.29 is 32.2 Å². The summed E-state index contributed by atoms with van der Waals surface area (Å²) in [5.74, 6) is -2.98. The van der Waals surface area contributed by atoms with E-state index in [0.717, 1.165) is 25.2 Å². The van der Waals surface area contributed by atoms with Crippen LogP contribution in [0.25, 0.3) is 0 Å². The summed E-state index contributed by atoms with van der Waals surface area (Å²) in [6, 6.07) is 10.5. The molecule has 0 saturated carbocycles. The van der Waals surface area contributed by atoms with Crippen LogP contribution in [0.1, 0.15) is 17.7 Å². The number of rotatable bonds is 5. The summed E-state index contributed by atoms with van der Waals surface area (Å²) >= 11 is 0. The highest BCUT2D eigenvalue weighted by molar-refractivity contribution is 5.73. The van der Waals surface area contributed by atoms with E-state index in [2.05, 4.69) is 15.6 Å². The second kappa shape index (κ2) is 10.4. The van der Waals surface area contributed by atoms with Gasteiger partial charge in [-0.3, -0.25) is 4.98 Å². The third kappa shape index (κ3) is 7.21. The van der Waals surface area contributed by atoms with Gasteiger partial charge in [0.05, 0.1) is 11.3 Å². The number of aliphatic carboxylic acids is 1. The van der Waals surface area contributed by atoms with Gasteiger partial charge < -0.3 is 20.5 Å². The number of anilines is 1. The fourth-order valence-corrected chi connectivity index (χ4v) is 2.45. The second-order valence-electron chi connectivity index (χ2n) is 6.22. The predicted molar refractivity (Wildman–Crippen MR) is 98.3 cm³/mol. The highest BCUT2D eigenvalue weighted by atomic mass is 19.4. The summed E-state index contributed by atoms with van der Waals surface area (Å²) in [4.78, 5) is 13.0. The van der Waals surface area contributed by atoms with E-state index in [9.17, 15) is 17.6 Å². The Morgan fingerprint density at radius 2 is 2.10 bits per heavy atom. The molecule has 0 amide bonds. The first-order valence-corrected chi connectivity index (χ1v) is 8.74. The normalized spacial score (nSPS) is 15.5. The molecule has 160 valence electrons. The van der Waals surface area contributed by atoms with Crippen molar-refractivity contribution in [3.8, 4) is 11.8 Å². The van der Waals surface area contributed by atoms with E-state index in [1.165, 1.54) is 12.3 Å². The number of aromatic nitrogens is 1. The van der Waals surface area contributed by atoms with E-state index in [1.54, 1.807) is 24.3 Å². The molecule has 3 N–H and O–H groups in total. The zero-order valence-corrected chi connectivity index (χ0v) is 15.5. The van der Waals surface area contributed by atoms with Crippen LogP contribution in [0.4, 0.5) is 23.2 Å². The first kappa shape index (κ1) is 22.9. The summed E-state index contributed by atoms with van der Waals surface area (Å²) in [6.07, 6.45) is -2.57. The Labute approximate surface area is 169 Å². The van der Waals surface area contributed by atoms with Crippen LogP contribution in [-0.2, 0) is 11.4 Å². The van der Waals surface area contributed by atoms with Gasteiger partial charge in [0, 0.05) is 30.5 Å². The number of nitrogens with zero attached hydrogens (tertiary/aromatic N) is 2. The molecule has 1 aromatic heterocycles. The number of carboxylic acids is 1. The number of benzene rings is 1. The molecule has 2 heterocycles. The Hall–Kier alpha value is -3.39. The topological polar surface area (TPSA) is 107 Å². The highest BCUT2D eigenvalue weighted by Gasteiger charge is 2.38. The van der Waals surface area contributed by atoms with Crippen molar-refractivity contribution >= 4 is 11.7 Å². The lowest BCUT2D eigenvalue weighted by Gasteiger charge is -2.14. The van der Waals surface area contributed by atoms with Gasteiger partial charge in [0.25, 0.3) is 0 Å². The molecule has 3 rings (SSSR count). The van der Waals surface area contributed by atoms with Crippen LogP contribution in [0.2, 0.25) is 0 Å². The molecular weight excluding hydrogens is 408 g/mol. The van der Waals surface area contributed by atoms with E-state index in [1.807, 2.05) is 6.07 Å². The smallest absolute Gasteiger partial charge is 0.484 e. The number of carboxylic acid groups (broad SMARTS) is 1.